The zero-order chi connectivity index (χ0) is 14.4. The molecule has 1 heterocycles. The summed E-state index contributed by atoms with van der Waals surface area (Å²) in [4.78, 5) is 2.36. The van der Waals surface area contributed by atoms with Crippen molar-refractivity contribution in [2.45, 2.75) is 31.8 Å². The van der Waals surface area contributed by atoms with Crippen LogP contribution in [0.1, 0.15) is 26.2 Å². The molecule has 0 radical (unpaired) electrons. The monoisotopic (exact) mass is 279 g/mol. The summed E-state index contributed by atoms with van der Waals surface area (Å²) in [5.41, 5.74) is -0.502. The summed E-state index contributed by atoms with van der Waals surface area (Å²) in [5.74, 6) is 1.56. The van der Waals surface area contributed by atoms with Gasteiger partial charge in [0.2, 0.25) is 0 Å². The van der Waals surface area contributed by atoms with E-state index in [4.69, 9.17) is 9.47 Å². The maximum atomic E-state index is 10.1. The number of hydrogen-bond acceptors (Lipinski definition) is 4. The predicted octanol–water partition coefficient (Wildman–Crippen LogP) is 2.31. The second-order valence-electron chi connectivity index (χ2n) is 5.69. The molecule has 20 heavy (non-hydrogen) atoms. The lowest BCUT2D eigenvalue weighted by atomic mass is 9.98. The van der Waals surface area contributed by atoms with Gasteiger partial charge in [-0.1, -0.05) is 12.1 Å². The zero-order valence-electron chi connectivity index (χ0n) is 12.5. The first kappa shape index (κ1) is 15.1. The number of methoxy groups -OCH3 is 1. The molecule has 1 aromatic rings. The molecule has 0 aromatic heterocycles. The topological polar surface area (TPSA) is 41.9 Å². The number of hydrogen-bond donors (Lipinski definition) is 1. The summed E-state index contributed by atoms with van der Waals surface area (Å²) < 4.78 is 11.1. The summed E-state index contributed by atoms with van der Waals surface area (Å²) in [6.45, 7) is 5.42. The highest BCUT2D eigenvalue weighted by Gasteiger charge is 2.24. The van der Waals surface area contributed by atoms with Crippen LogP contribution in [0.15, 0.2) is 24.3 Å². The molecule has 0 bridgehead atoms. The molecule has 1 aromatic carbocycles. The molecule has 0 saturated carbocycles. The van der Waals surface area contributed by atoms with E-state index >= 15 is 0 Å². The van der Waals surface area contributed by atoms with Crippen molar-refractivity contribution in [1.29, 1.82) is 0 Å². The lowest BCUT2D eigenvalue weighted by Crippen LogP contribution is -2.31. The Labute approximate surface area is 121 Å². The number of likely N-dealkylation sites (tertiary alicyclic amines) is 1. The van der Waals surface area contributed by atoms with Gasteiger partial charge >= 0.3 is 0 Å². The van der Waals surface area contributed by atoms with E-state index in [-0.39, 0.29) is 0 Å². The molecule has 1 fully saturated rings. The average molecular weight is 279 g/mol. The van der Waals surface area contributed by atoms with Crippen molar-refractivity contribution in [1.82, 2.24) is 4.90 Å². The molecule has 2 rings (SSSR count). The minimum absolute atomic E-state index is 0.502. The average Bonchev–Trinajstić information content (AvgIpc) is 2.61. The minimum atomic E-state index is -0.502. The first-order chi connectivity index (χ1) is 9.61. The van der Waals surface area contributed by atoms with Gasteiger partial charge in [-0.2, -0.15) is 0 Å². The molecule has 1 N–H and O–H groups in total. The highest BCUT2D eigenvalue weighted by molar-refractivity contribution is 5.39. The van der Waals surface area contributed by atoms with Gasteiger partial charge in [0.25, 0.3) is 0 Å². The standard InChI is InChI=1S/C16H25NO3/c1-16(18)8-5-10-17(11-9-16)12-13-20-15-7-4-3-6-14(15)19-2/h3-4,6-7,18H,5,8-13H2,1-2H3. The Morgan fingerprint density at radius 2 is 1.95 bits per heavy atom. The van der Waals surface area contributed by atoms with Gasteiger partial charge < -0.3 is 14.6 Å². The fourth-order valence-corrected chi connectivity index (χ4v) is 2.57. The van der Waals surface area contributed by atoms with Crippen molar-refractivity contribution in [3.8, 4) is 11.5 Å². The number of para-hydroxylation sites is 2. The van der Waals surface area contributed by atoms with Gasteiger partial charge in [0, 0.05) is 13.1 Å². The highest BCUT2D eigenvalue weighted by atomic mass is 16.5. The number of benzene rings is 1. The van der Waals surface area contributed by atoms with Crippen molar-refractivity contribution >= 4 is 0 Å². The zero-order valence-corrected chi connectivity index (χ0v) is 12.5. The molecule has 0 spiro atoms. The van der Waals surface area contributed by atoms with Crippen LogP contribution in [0.4, 0.5) is 0 Å². The van der Waals surface area contributed by atoms with E-state index in [1.165, 1.54) is 0 Å². The van der Waals surface area contributed by atoms with E-state index in [1.807, 2.05) is 31.2 Å². The second kappa shape index (κ2) is 6.95. The number of ether oxygens (including phenoxy) is 2. The molecule has 112 valence electrons. The molecule has 4 nitrogen and oxygen atoms in total. The molecular formula is C16H25NO3. The van der Waals surface area contributed by atoms with Gasteiger partial charge in [0.15, 0.2) is 11.5 Å². The van der Waals surface area contributed by atoms with Gasteiger partial charge in [-0.15, -0.1) is 0 Å². The Bertz CT molecular complexity index is 420. The van der Waals surface area contributed by atoms with Crippen molar-refractivity contribution in [3.05, 3.63) is 24.3 Å². The fraction of sp³-hybridized carbons (Fsp3) is 0.625. The molecule has 1 aliphatic heterocycles. The van der Waals surface area contributed by atoms with Gasteiger partial charge in [0.05, 0.1) is 12.7 Å². The van der Waals surface area contributed by atoms with Crippen LogP contribution in [0.5, 0.6) is 11.5 Å². The third kappa shape index (κ3) is 4.39. The maximum absolute atomic E-state index is 10.1. The van der Waals surface area contributed by atoms with Gasteiger partial charge in [-0.3, -0.25) is 4.90 Å². The van der Waals surface area contributed by atoms with Crippen LogP contribution >= 0.6 is 0 Å². The molecular weight excluding hydrogens is 254 g/mol. The van der Waals surface area contributed by atoms with E-state index in [0.717, 1.165) is 50.4 Å². The number of nitrogens with zero attached hydrogens (tertiary/aromatic N) is 1. The van der Waals surface area contributed by atoms with E-state index in [9.17, 15) is 5.11 Å². The molecule has 1 aliphatic rings. The fourth-order valence-electron chi connectivity index (χ4n) is 2.57. The van der Waals surface area contributed by atoms with Crippen LogP contribution < -0.4 is 9.47 Å². The second-order valence-corrected chi connectivity index (χ2v) is 5.69. The van der Waals surface area contributed by atoms with E-state index < -0.39 is 5.60 Å². The Morgan fingerprint density at radius 1 is 1.20 bits per heavy atom. The molecule has 4 heteroatoms. The van der Waals surface area contributed by atoms with E-state index in [0.29, 0.717) is 6.61 Å². The van der Waals surface area contributed by atoms with Crippen molar-refractivity contribution in [2.24, 2.45) is 0 Å². The van der Waals surface area contributed by atoms with Crippen LogP contribution in [0.25, 0.3) is 0 Å². The Kier molecular flexibility index (Phi) is 5.26. The quantitative estimate of drug-likeness (QED) is 0.898. The molecule has 1 unspecified atom stereocenters. The van der Waals surface area contributed by atoms with Crippen LogP contribution in [0, 0.1) is 0 Å². The minimum Gasteiger partial charge on any atom is -0.493 e. The van der Waals surface area contributed by atoms with Crippen LogP contribution in [0.3, 0.4) is 0 Å². The number of rotatable bonds is 5. The van der Waals surface area contributed by atoms with E-state index in [2.05, 4.69) is 4.90 Å². The van der Waals surface area contributed by atoms with Crippen molar-refractivity contribution in [3.63, 3.8) is 0 Å². The summed E-state index contributed by atoms with van der Waals surface area (Å²) in [7, 11) is 1.65. The van der Waals surface area contributed by atoms with Gasteiger partial charge in [0.1, 0.15) is 6.61 Å². The normalized spacial score (nSPS) is 24.1. The highest BCUT2D eigenvalue weighted by Crippen LogP contribution is 2.26. The lowest BCUT2D eigenvalue weighted by Gasteiger charge is -2.22. The molecule has 0 aliphatic carbocycles. The molecule has 0 amide bonds. The first-order valence-corrected chi connectivity index (χ1v) is 7.31. The van der Waals surface area contributed by atoms with Crippen molar-refractivity contribution in [2.75, 3.05) is 33.4 Å². The molecule has 1 atom stereocenters. The SMILES string of the molecule is COc1ccccc1OCCN1CCCC(C)(O)CC1. The van der Waals surface area contributed by atoms with Crippen LogP contribution in [-0.4, -0.2) is 49.0 Å². The Balaban J connectivity index is 1.78. The predicted molar refractivity (Wildman–Crippen MR) is 79.4 cm³/mol. The first-order valence-electron chi connectivity index (χ1n) is 7.31. The lowest BCUT2D eigenvalue weighted by molar-refractivity contribution is 0.0442. The van der Waals surface area contributed by atoms with Gasteiger partial charge in [-0.05, 0) is 44.9 Å². The van der Waals surface area contributed by atoms with E-state index in [1.54, 1.807) is 7.11 Å². The smallest absolute Gasteiger partial charge is 0.161 e. The Morgan fingerprint density at radius 3 is 2.70 bits per heavy atom. The summed E-state index contributed by atoms with van der Waals surface area (Å²) in [6.07, 6.45) is 2.76. The van der Waals surface area contributed by atoms with Crippen LogP contribution in [-0.2, 0) is 0 Å². The van der Waals surface area contributed by atoms with Crippen molar-refractivity contribution < 1.29 is 14.6 Å². The summed E-state index contributed by atoms with van der Waals surface area (Å²) in [6, 6.07) is 7.70. The van der Waals surface area contributed by atoms with Crippen LogP contribution in [0.2, 0.25) is 0 Å². The maximum Gasteiger partial charge on any atom is 0.161 e. The third-order valence-electron chi connectivity index (χ3n) is 3.89. The number of aliphatic hydroxyl groups is 1. The third-order valence-corrected chi connectivity index (χ3v) is 3.89. The summed E-state index contributed by atoms with van der Waals surface area (Å²) >= 11 is 0. The Hall–Kier alpha value is -1.26. The summed E-state index contributed by atoms with van der Waals surface area (Å²) in [5, 5.41) is 10.1. The largest absolute Gasteiger partial charge is 0.493 e. The van der Waals surface area contributed by atoms with Gasteiger partial charge in [-0.25, -0.2) is 0 Å². The molecule has 1 saturated heterocycles.